The Labute approximate surface area is 98.2 Å². The summed E-state index contributed by atoms with van der Waals surface area (Å²) in [5, 5.41) is 0. The zero-order chi connectivity index (χ0) is 11.0. The van der Waals surface area contributed by atoms with Gasteiger partial charge in [-0.3, -0.25) is 0 Å². The van der Waals surface area contributed by atoms with Crippen LogP contribution in [-0.2, 0) is 0 Å². The molecule has 0 unspecified atom stereocenters. The van der Waals surface area contributed by atoms with Gasteiger partial charge in [0.1, 0.15) is 0 Å². The van der Waals surface area contributed by atoms with Crippen molar-refractivity contribution in [3.8, 4) is 0 Å². The fourth-order valence-electron chi connectivity index (χ4n) is 1.66. The van der Waals surface area contributed by atoms with Gasteiger partial charge in [-0.2, -0.15) is 0 Å². The van der Waals surface area contributed by atoms with Crippen molar-refractivity contribution < 1.29 is 0 Å². The summed E-state index contributed by atoms with van der Waals surface area (Å²) >= 11 is -1.02. The number of hydrogen-bond donors (Lipinski definition) is 0. The molecule has 0 spiro atoms. The van der Waals surface area contributed by atoms with Crippen LogP contribution in [0.25, 0.3) is 0 Å². The van der Waals surface area contributed by atoms with Crippen LogP contribution in [-0.4, -0.2) is 72.5 Å². The first-order valence-corrected chi connectivity index (χ1v) is 13.8. The molecule has 3 heteroatoms. The van der Waals surface area contributed by atoms with Crippen molar-refractivity contribution in [1.82, 2.24) is 9.80 Å². The molecule has 0 amide bonds. The fraction of sp³-hybridized carbons (Fsp3) is 1.00. The minimum absolute atomic E-state index is 1.02. The van der Waals surface area contributed by atoms with Gasteiger partial charge in [-0.15, -0.1) is 0 Å². The van der Waals surface area contributed by atoms with Crippen LogP contribution < -0.4 is 0 Å². The van der Waals surface area contributed by atoms with Gasteiger partial charge in [0.25, 0.3) is 0 Å². The van der Waals surface area contributed by atoms with E-state index in [0.29, 0.717) is 0 Å². The molecule has 0 saturated heterocycles. The molecule has 84 valence electrons. The Hall–Kier alpha value is 0.790. The summed E-state index contributed by atoms with van der Waals surface area (Å²) in [5.41, 5.74) is 0. The summed E-state index contributed by atoms with van der Waals surface area (Å²) in [4.78, 5) is 4.61. The second kappa shape index (κ2) is 9.05. The van der Waals surface area contributed by atoms with Crippen molar-refractivity contribution in [3.63, 3.8) is 0 Å². The Morgan fingerprint density at radius 2 is 1.14 bits per heavy atom. The normalized spacial score (nSPS) is 11.4. The Kier molecular flexibility index (Phi) is 9.56. The van der Waals surface area contributed by atoms with Crippen molar-refractivity contribution >= 4 is 21.4 Å². The second-order valence-electron chi connectivity index (χ2n) is 5.00. The third kappa shape index (κ3) is 10.9. The van der Waals surface area contributed by atoms with Crippen molar-refractivity contribution in [2.45, 2.75) is 25.9 Å². The maximum absolute atomic E-state index is 2.59. The molecule has 0 aliphatic rings. The van der Waals surface area contributed by atoms with Gasteiger partial charge in [0.2, 0.25) is 0 Å². The molecular formula is C11H27InN2. The van der Waals surface area contributed by atoms with Gasteiger partial charge < -0.3 is 0 Å². The Morgan fingerprint density at radius 3 is 1.43 bits per heavy atom. The maximum atomic E-state index is 2.59. The van der Waals surface area contributed by atoms with Crippen LogP contribution in [0.5, 0.6) is 0 Å². The predicted molar refractivity (Wildman–Crippen MR) is 67.6 cm³/mol. The van der Waals surface area contributed by atoms with Crippen LogP contribution in [0, 0.1) is 0 Å². The van der Waals surface area contributed by atoms with E-state index in [1.54, 1.807) is 8.35 Å². The van der Waals surface area contributed by atoms with E-state index in [9.17, 15) is 0 Å². The molecule has 0 rings (SSSR count). The average molecular weight is 302 g/mol. The molecule has 14 heavy (non-hydrogen) atoms. The zero-order valence-electron chi connectivity index (χ0n) is 10.7. The molecule has 2 nitrogen and oxygen atoms in total. The summed E-state index contributed by atoms with van der Waals surface area (Å²) in [5.74, 6) is 0. The van der Waals surface area contributed by atoms with E-state index in [1.165, 1.54) is 25.9 Å². The number of rotatable bonds is 8. The number of nitrogens with zero attached hydrogens (tertiary/aromatic N) is 2. The molecule has 0 atom stereocenters. The Balaban J connectivity index is 3.23. The number of hydrogen-bond acceptors (Lipinski definition) is 2. The first-order chi connectivity index (χ1) is 6.52. The summed E-state index contributed by atoms with van der Waals surface area (Å²) in [6, 6.07) is 0. The molecular weight excluding hydrogens is 275 g/mol. The quantitative estimate of drug-likeness (QED) is 0.677. The third-order valence-corrected chi connectivity index (χ3v) is 10.6. The molecule has 0 saturated carbocycles. The van der Waals surface area contributed by atoms with Gasteiger partial charge in [-0.25, -0.2) is 0 Å². The van der Waals surface area contributed by atoms with E-state index in [2.05, 4.69) is 42.7 Å². The summed E-state index contributed by atoms with van der Waals surface area (Å²) in [6.07, 6.45) is 2.87. The average Bonchev–Trinajstić information content (AvgIpc) is 2.02. The van der Waals surface area contributed by atoms with Crippen LogP contribution in [0.4, 0.5) is 0 Å². The topological polar surface area (TPSA) is 6.48 Å². The van der Waals surface area contributed by atoms with Crippen molar-refractivity contribution in [1.29, 1.82) is 0 Å². The van der Waals surface area contributed by atoms with Gasteiger partial charge in [0.05, 0.1) is 0 Å². The second-order valence-corrected chi connectivity index (χ2v) is 14.6. The van der Waals surface area contributed by atoms with Gasteiger partial charge in [-0.05, 0) is 0 Å². The van der Waals surface area contributed by atoms with E-state index < -0.39 is 21.4 Å². The van der Waals surface area contributed by atoms with Crippen LogP contribution >= 0.6 is 0 Å². The van der Waals surface area contributed by atoms with Crippen molar-refractivity contribution in [3.05, 3.63) is 0 Å². The summed E-state index contributed by atoms with van der Waals surface area (Å²) in [7, 11) is 8.69. The predicted octanol–water partition coefficient (Wildman–Crippen LogP) is 2.01. The molecule has 0 aliphatic carbocycles. The third-order valence-electron chi connectivity index (χ3n) is 2.60. The van der Waals surface area contributed by atoms with Crippen LogP contribution in [0.2, 0.25) is 13.0 Å². The van der Waals surface area contributed by atoms with Crippen molar-refractivity contribution in [2.24, 2.45) is 0 Å². The summed E-state index contributed by atoms with van der Waals surface area (Å²) in [6.45, 7) is 2.57. The van der Waals surface area contributed by atoms with E-state index in [0.717, 1.165) is 0 Å². The molecule has 0 heterocycles. The molecule has 0 aliphatic heterocycles. The molecule has 0 aromatic rings. The molecule has 0 N–H and O–H groups in total. The van der Waals surface area contributed by atoms with E-state index in [4.69, 9.17) is 0 Å². The van der Waals surface area contributed by atoms with Gasteiger partial charge >= 0.3 is 98.4 Å². The zero-order valence-corrected chi connectivity index (χ0v) is 14.0. The van der Waals surface area contributed by atoms with Crippen LogP contribution in [0.15, 0.2) is 0 Å². The van der Waals surface area contributed by atoms with Crippen LogP contribution in [0.3, 0.4) is 0 Å². The van der Waals surface area contributed by atoms with Crippen LogP contribution in [0.1, 0.15) is 12.8 Å². The van der Waals surface area contributed by atoms with Gasteiger partial charge in [0, 0.05) is 0 Å². The summed E-state index contributed by atoms with van der Waals surface area (Å²) < 4.78 is 5.77. The van der Waals surface area contributed by atoms with E-state index in [1.807, 2.05) is 0 Å². The molecule has 0 aromatic carbocycles. The minimum atomic E-state index is -1.02. The first-order valence-electron chi connectivity index (χ1n) is 5.82. The van der Waals surface area contributed by atoms with Crippen molar-refractivity contribution in [2.75, 3.05) is 41.3 Å². The molecule has 0 radical (unpaired) electrons. The van der Waals surface area contributed by atoms with E-state index in [-0.39, 0.29) is 0 Å². The Bertz CT molecular complexity index is 112. The standard InChI is InChI=1S/2C5H12N.CH3.In/c2*1-4-5-6(2)3;;/h2*1,4-5H2,2-3H3;1H3;. The SMILES string of the molecule is CN(C)CC[CH2][In]([CH3])[CH2]CCN(C)C. The fourth-order valence-corrected chi connectivity index (χ4v) is 7.50. The monoisotopic (exact) mass is 302 g/mol. The Morgan fingerprint density at radius 1 is 0.786 bits per heavy atom. The molecule has 0 aromatic heterocycles. The van der Waals surface area contributed by atoms with E-state index >= 15 is 0 Å². The van der Waals surface area contributed by atoms with Gasteiger partial charge in [-0.1, -0.05) is 0 Å². The van der Waals surface area contributed by atoms with Gasteiger partial charge in [0.15, 0.2) is 0 Å². The molecule has 0 fully saturated rings. The molecule has 0 bridgehead atoms. The first kappa shape index (κ1) is 14.8.